The minimum absolute atomic E-state index is 0.130. The second-order valence-electron chi connectivity index (χ2n) is 3.50. The lowest BCUT2D eigenvalue weighted by Crippen LogP contribution is -2.06. The molecule has 3 N–H and O–H groups in total. The molecule has 84 valence electrons. The summed E-state index contributed by atoms with van der Waals surface area (Å²) < 4.78 is 14.3. The molecule has 2 rings (SSSR count). The molecule has 5 heteroatoms. The molecular formula is C11H12FN3O. The zero-order chi connectivity index (χ0) is 11.5. The van der Waals surface area contributed by atoms with Crippen LogP contribution in [-0.4, -0.2) is 14.9 Å². The molecule has 1 aromatic heterocycles. The molecule has 1 aromatic carbocycles. The summed E-state index contributed by atoms with van der Waals surface area (Å²) in [7, 11) is 0. The molecule has 0 bridgehead atoms. The molecule has 0 aliphatic rings. The summed E-state index contributed by atoms with van der Waals surface area (Å²) >= 11 is 0. The highest BCUT2D eigenvalue weighted by molar-refractivity contribution is 5.38. The maximum Gasteiger partial charge on any atom is 0.127 e. The van der Waals surface area contributed by atoms with E-state index in [4.69, 9.17) is 10.8 Å². The monoisotopic (exact) mass is 221 g/mol. The number of hydrogen-bond donors (Lipinski definition) is 2. The van der Waals surface area contributed by atoms with E-state index in [1.807, 2.05) is 0 Å². The Morgan fingerprint density at radius 3 is 2.56 bits per heavy atom. The Hall–Kier alpha value is -1.88. The van der Waals surface area contributed by atoms with Gasteiger partial charge in [0.2, 0.25) is 0 Å². The van der Waals surface area contributed by atoms with Crippen LogP contribution in [0.15, 0.2) is 30.5 Å². The Morgan fingerprint density at radius 2 is 2.00 bits per heavy atom. The predicted octanol–water partition coefficient (Wildman–Crippen LogP) is 1.15. The number of aliphatic hydroxyl groups is 1. The summed E-state index contributed by atoms with van der Waals surface area (Å²) in [5.41, 5.74) is 7.26. The highest BCUT2D eigenvalue weighted by atomic mass is 19.1. The van der Waals surface area contributed by atoms with Crippen molar-refractivity contribution in [3.05, 3.63) is 47.4 Å². The fraction of sp³-hybridized carbons (Fsp3) is 0.182. The standard InChI is InChI=1S/C11H12FN3O/c12-10-3-1-8(2-4-10)6-15-11(13)9(7-16)5-14-15/h1-5,16H,6-7,13H2. The van der Waals surface area contributed by atoms with Crippen molar-refractivity contribution in [2.24, 2.45) is 0 Å². The number of aromatic nitrogens is 2. The number of aliphatic hydroxyl groups excluding tert-OH is 1. The van der Waals surface area contributed by atoms with Gasteiger partial charge in [0.1, 0.15) is 11.6 Å². The molecule has 0 unspecified atom stereocenters. The van der Waals surface area contributed by atoms with Crippen LogP contribution < -0.4 is 5.73 Å². The van der Waals surface area contributed by atoms with Gasteiger partial charge in [-0.1, -0.05) is 12.1 Å². The third-order valence-corrected chi connectivity index (χ3v) is 2.38. The second-order valence-corrected chi connectivity index (χ2v) is 3.50. The molecule has 0 spiro atoms. The minimum atomic E-state index is -0.270. The number of hydrogen-bond acceptors (Lipinski definition) is 3. The molecule has 0 fully saturated rings. The van der Waals surface area contributed by atoms with Crippen molar-refractivity contribution in [3.8, 4) is 0 Å². The topological polar surface area (TPSA) is 64.1 Å². The first kappa shape index (κ1) is 10.6. The summed E-state index contributed by atoms with van der Waals surface area (Å²) in [6.45, 7) is 0.335. The van der Waals surface area contributed by atoms with E-state index in [1.165, 1.54) is 18.3 Å². The normalized spacial score (nSPS) is 10.6. The van der Waals surface area contributed by atoms with Crippen LogP contribution in [0.2, 0.25) is 0 Å². The van der Waals surface area contributed by atoms with Crippen LogP contribution in [0.25, 0.3) is 0 Å². The number of benzene rings is 1. The molecule has 0 radical (unpaired) electrons. The van der Waals surface area contributed by atoms with Gasteiger partial charge in [-0.25, -0.2) is 9.07 Å². The van der Waals surface area contributed by atoms with Crippen LogP contribution in [0.4, 0.5) is 10.2 Å². The van der Waals surface area contributed by atoms with Crippen molar-refractivity contribution in [2.45, 2.75) is 13.2 Å². The van der Waals surface area contributed by atoms with Crippen LogP contribution in [-0.2, 0) is 13.2 Å². The van der Waals surface area contributed by atoms with E-state index in [0.717, 1.165) is 5.56 Å². The highest BCUT2D eigenvalue weighted by Gasteiger charge is 2.06. The zero-order valence-corrected chi connectivity index (χ0v) is 8.60. The van der Waals surface area contributed by atoms with E-state index >= 15 is 0 Å². The average molecular weight is 221 g/mol. The Morgan fingerprint density at radius 1 is 1.31 bits per heavy atom. The van der Waals surface area contributed by atoms with Crippen molar-refractivity contribution in [1.82, 2.24) is 9.78 Å². The number of nitrogens with zero attached hydrogens (tertiary/aromatic N) is 2. The first-order valence-corrected chi connectivity index (χ1v) is 4.86. The van der Waals surface area contributed by atoms with E-state index in [9.17, 15) is 4.39 Å². The lowest BCUT2D eigenvalue weighted by molar-refractivity contribution is 0.282. The van der Waals surface area contributed by atoms with Crippen molar-refractivity contribution in [3.63, 3.8) is 0 Å². The number of halogens is 1. The molecule has 0 aliphatic heterocycles. The van der Waals surface area contributed by atoms with Crippen LogP contribution in [0, 0.1) is 5.82 Å². The first-order valence-electron chi connectivity index (χ1n) is 4.86. The fourth-order valence-electron chi connectivity index (χ4n) is 1.44. The number of nitrogen functional groups attached to an aromatic ring is 1. The zero-order valence-electron chi connectivity index (χ0n) is 8.60. The molecule has 2 aromatic rings. The second kappa shape index (κ2) is 4.32. The van der Waals surface area contributed by atoms with Crippen molar-refractivity contribution in [1.29, 1.82) is 0 Å². The highest BCUT2D eigenvalue weighted by Crippen LogP contribution is 2.13. The molecule has 0 amide bonds. The Labute approximate surface area is 92.1 Å². The smallest absolute Gasteiger partial charge is 0.127 e. The summed E-state index contributed by atoms with van der Waals surface area (Å²) in [6.07, 6.45) is 1.53. The molecule has 0 saturated heterocycles. The van der Waals surface area contributed by atoms with Gasteiger partial charge in [0.25, 0.3) is 0 Å². The quantitative estimate of drug-likeness (QED) is 0.817. The number of anilines is 1. The molecule has 0 saturated carbocycles. The average Bonchev–Trinajstić information content (AvgIpc) is 2.63. The Kier molecular flexibility index (Phi) is 2.87. The number of nitrogens with two attached hydrogens (primary N) is 1. The van der Waals surface area contributed by atoms with Gasteiger partial charge < -0.3 is 10.8 Å². The third-order valence-electron chi connectivity index (χ3n) is 2.38. The molecule has 0 aliphatic carbocycles. The van der Waals surface area contributed by atoms with E-state index in [2.05, 4.69) is 5.10 Å². The van der Waals surface area contributed by atoms with Crippen molar-refractivity contribution >= 4 is 5.82 Å². The van der Waals surface area contributed by atoms with Crippen LogP contribution in [0.5, 0.6) is 0 Å². The Bertz CT molecular complexity index is 478. The van der Waals surface area contributed by atoms with Gasteiger partial charge in [0, 0.05) is 5.56 Å². The summed E-state index contributed by atoms with van der Waals surface area (Å²) in [4.78, 5) is 0. The van der Waals surface area contributed by atoms with Gasteiger partial charge >= 0.3 is 0 Å². The lowest BCUT2D eigenvalue weighted by atomic mass is 10.2. The third kappa shape index (κ3) is 2.04. The predicted molar refractivity (Wildman–Crippen MR) is 58.1 cm³/mol. The van der Waals surface area contributed by atoms with Gasteiger partial charge in [-0.05, 0) is 17.7 Å². The van der Waals surface area contributed by atoms with E-state index < -0.39 is 0 Å². The SMILES string of the molecule is Nc1c(CO)cnn1Cc1ccc(F)cc1. The van der Waals surface area contributed by atoms with Crippen molar-refractivity contribution < 1.29 is 9.50 Å². The summed E-state index contributed by atoms with van der Waals surface area (Å²) in [5.74, 6) is 0.167. The minimum Gasteiger partial charge on any atom is -0.391 e. The number of rotatable bonds is 3. The van der Waals surface area contributed by atoms with Gasteiger partial charge in [-0.2, -0.15) is 5.10 Å². The summed E-state index contributed by atoms with van der Waals surface area (Å²) in [6, 6.07) is 6.13. The molecule has 4 nitrogen and oxygen atoms in total. The van der Waals surface area contributed by atoms with Crippen LogP contribution in [0.3, 0.4) is 0 Å². The van der Waals surface area contributed by atoms with Crippen molar-refractivity contribution in [2.75, 3.05) is 5.73 Å². The van der Waals surface area contributed by atoms with Gasteiger partial charge in [0.15, 0.2) is 0 Å². The molecule has 1 heterocycles. The summed E-state index contributed by atoms with van der Waals surface area (Å²) in [5, 5.41) is 13.0. The van der Waals surface area contributed by atoms with Crippen LogP contribution >= 0.6 is 0 Å². The maximum atomic E-state index is 12.7. The first-order chi connectivity index (χ1) is 7.70. The molecule has 0 atom stereocenters. The van der Waals surface area contributed by atoms with E-state index in [1.54, 1.807) is 16.8 Å². The van der Waals surface area contributed by atoms with Gasteiger partial charge in [-0.15, -0.1) is 0 Å². The van der Waals surface area contributed by atoms with E-state index in [0.29, 0.717) is 17.9 Å². The van der Waals surface area contributed by atoms with Crippen LogP contribution in [0.1, 0.15) is 11.1 Å². The Balaban J connectivity index is 2.20. The molecular weight excluding hydrogens is 209 g/mol. The van der Waals surface area contributed by atoms with Gasteiger partial charge in [0.05, 0.1) is 19.3 Å². The largest absolute Gasteiger partial charge is 0.391 e. The maximum absolute atomic E-state index is 12.7. The van der Waals surface area contributed by atoms with Gasteiger partial charge in [-0.3, -0.25) is 0 Å². The lowest BCUT2D eigenvalue weighted by Gasteiger charge is -2.04. The fourth-order valence-corrected chi connectivity index (χ4v) is 1.44. The molecule has 16 heavy (non-hydrogen) atoms. The van der Waals surface area contributed by atoms with E-state index in [-0.39, 0.29) is 12.4 Å².